The molecular weight excluding hydrogens is 1110 g/mol. The van der Waals surface area contributed by atoms with Gasteiger partial charge < -0.3 is 65.1 Å². The largest absolute Gasteiger partial charge is 0.394 e. The third kappa shape index (κ3) is 40.4. The van der Waals surface area contributed by atoms with Crippen LogP contribution in [0.2, 0.25) is 0 Å². The van der Waals surface area contributed by atoms with Gasteiger partial charge in [-0.15, -0.1) is 0 Å². The maximum atomic E-state index is 13.3. The van der Waals surface area contributed by atoms with Gasteiger partial charge in [0.15, 0.2) is 12.6 Å². The standard InChI is InChI=1S/C74H119NO13/c1-3-5-7-9-11-13-15-17-18-19-20-21-22-23-24-25-26-27-28-29-30-31-32-33-34-35-36-37-38-39-40-41-42-43-44-46-48-50-52-54-56-58-66(79)75-62(63(78)57-55-53-51-49-47-45-16-14-12-10-8-6-4-2)61-85-73-71(84)69(82)72(65(60-77)87-73)88-74-70(83)68(81)67(80)64(59-76)86-74/h5,7,11,13,17-18,20-21,23-24,26-27,29-30,32-33,35-36,38-39,41-42,47,49,55,57,62-65,67-74,76-78,80-84H,3-4,6,8-10,12,14-16,19,22,25,28,31,34,37,40,43-46,48,50-54,56,58-61H2,1-2H3,(H,75,79)/b7-5-,13-11-,18-17-,21-20-,24-23-,27-26-,30-29-,33-32-,36-35-,39-38-,42-41-,49-47+,57-55+. The molecule has 2 fully saturated rings. The number of hydrogen-bond acceptors (Lipinski definition) is 13. The van der Waals surface area contributed by atoms with Crippen molar-refractivity contribution in [3.8, 4) is 0 Å². The average molecular weight is 1230 g/mol. The van der Waals surface area contributed by atoms with Crippen LogP contribution < -0.4 is 5.32 Å². The molecule has 1 amide bonds. The first-order chi connectivity index (χ1) is 43.1. The minimum atomic E-state index is -1.80. The van der Waals surface area contributed by atoms with E-state index >= 15 is 0 Å². The first-order valence-electron chi connectivity index (χ1n) is 33.7. The van der Waals surface area contributed by atoms with E-state index in [-0.39, 0.29) is 18.9 Å². The molecule has 14 nitrogen and oxygen atoms in total. The van der Waals surface area contributed by atoms with Gasteiger partial charge in [0.2, 0.25) is 5.91 Å². The fourth-order valence-corrected chi connectivity index (χ4v) is 9.84. The Bertz CT molecular complexity index is 2080. The normalized spacial score (nSPS) is 24.2. The number of nitrogens with one attached hydrogen (secondary N) is 1. The molecule has 2 saturated heterocycles. The van der Waals surface area contributed by atoms with Gasteiger partial charge in [-0.05, 0) is 116 Å². The molecular formula is C74H119NO13. The Labute approximate surface area is 531 Å². The first-order valence-corrected chi connectivity index (χ1v) is 33.7. The number of amides is 1. The zero-order valence-electron chi connectivity index (χ0n) is 53.9. The lowest BCUT2D eigenvalue weighted by molar-refractivity contribution is -0.359. The fraction of sp³-hybridized carbons (Fsp3) is 0.635. The molecule has 12 atom stereocenters. The zero-order valence-corrected chi connectivity index (χ0v) is 53.9. The highest BCUT2D eigenvalue weighted by Gasteiger charge is 2.51. The van der Waals surface area contributed by atoms with Crippen LogP contribution in [0, 0.1) is 0 Å². The molecule has 12 unspecified atom stereocenters. The lowest BCUT2D eigenvalue weighted by atomic mass is 9.97. The summed E-state index contributed by atoms with van der Waals surface area (Å²) in [6, 6.07) is -0.948. The number of carbonyl (C=O) groups excluding carboxylic acids is 1. The second-order valence-corrected chi connectivity index (χ2v) is 22.9. The van der Waals surface area contributed by atoms with E-state index < -0.39 is 86.8 Å². The van der Waals surface area contributed by atoms with Gasteiger partial charge in [-0.1, -0.05) is 242 Å². The van der Waals surface area contributed by atoms with Crippen LogP contribution in [-0.2, 0) is 23.7 Å². The van der Waals surface area contributed by atoms with Crippen LogP contribution in [0.4, 0.5) is 0 Å². The van der Waals surface area contributed by atoms with Crippen LogP contribution in [0.25, 0.3) is 0 Å². The molecule has 0 aromatic heterocycles. The van der Waals surface area contributed by atoms with Crippen molar-refractivity contribution in [2.24, 2.45) is 0 Å². The smallest absolute Gasteiger partial charge is 0.220 e. The molecule has 0 saturated carbocycles. The van der Waals surface area contributed by atoms with Gasteiger partial charge >= 0.3 is 0 Å². The topological polar surface area (TPSA) is 228 Å². The molecule has 0 aromatic carbocycles. The van der Waals surface area contributed by atoms with Crippen molar-refractivity contribution in [3.63, 3.8) is 0 Å². The minimum Gasteiger partial charge on any atom is -0.394 e. The molecule has 2 aliphatic rings. The molecule has 0 spiro atoms. The quantitative estimate of drug-likeness (QED) is 0.0204. The van der Waals surface area contributed by atoms with E-state index in [9.17, 15) is 45.6 Å². The summed E-state index contributed by atoms with van der Waals surface area (Å²) in [5, 5.41) is 87.1. The third-order valence-electron chi connectivity index (χ3n) is 15.2. The van der Waals surface area contributed by atoms with E-state index in [0.29, 0.717) is 12.8 Å². The monoisotopic (exact) mass is 1230 g/mol. The summed E-state index contributed by atoms with van der Waals surface area (Å²) in [5.41, 5.74) is 0. The Morgan fingerprint density at radius 2 is 0.795 bits per heavy atom. The highest BCUT2D eigenvalue weighted by Crippen LogP contribution is 2.30. The fourth-order valence-electron chi connectivity index (χ4n) is 9.84. The van der Waals surface area contributed by atoms with E-state index in [2.05, 4.69) is 165 Å². The number of rotatable bonds is 52. The Kier molecular flexibility index (Phi) is 51.2. The SMILES string of the molecule is CC/C=C\C/C=C\C/C=C\C/C=C\C/C=C\C/C=C\C/C=C\C/C=C\C/C=C\C/C=C\C/C=C\CCCCCCCCCC(=O)NC(COC1OC(CO)C(OC2OC(CO)C(O)C(O)C2O)C(O)C1O)C(O)/C=C/CC/C=C/CCCCCCCCC. The molecule has 14 heteroatoms. The van der Waals surface area contributed by atoms with E-state index in [4.69, 9.17) is 18.9 Å². The number of hydrogen-bond donors (Lipinski definition) is 9. The average Bonchev–Trinajstić information content (AvgIpc) is 2.45. The van der Waals surface area contributed by atoms with Crippen molar-refractivity contribution < 1.29 is 64.6 Å². The van der Waals surface area contributed by atoms with Crippen LogP contribution in [0.3, 0.4) is 0 Å². The van der Waals surface area contributed by atoms with Crippen molar-refractivity contribution in [1.82, 2.24) is 5.32 Å². The second-order valence-electron chi connectivity index (χ2n) is 22.9. The highest BCUT2D eigenvalue weighted by molar-refractivity contribution is 5.76. The number of allylic oxidation sites excluding steroid dienone is 25. The number of carbonyl (C=O) groups is 1. The molecule has 9 N–H and O–H groups in total. The summed E-state index contributed by atoms with van der Waals surface area (Å²) in [6.45, 7) is 2.62. The second kappa shape index (κ2) is 56.6. The Balaban J connectivity index is 1.63. The van der Waals surface area contributed by atoms with E-state index in [0.717, 1.165) is 128 Å². The van der Waals surface area contributed by atoms with Crippen molar-refractivity contribution in [1.29, 1.82) is 0 Å². The van der Waals surface area contributed by atoms with Crippen LogP contribution in [0.1, 0.15) is 206 Å². The molecule has 88 heavy (non-hydrogen) atoms. The third-order valence-corrected chi connectivity index (χ3v) is 15.2. The molecule has 0 bridgehead atoms. The number of aliphatic hydroxyl groups excluding tert-OH is 8. The summed E-state index contributed by atoms with van der Waals surface area (Å²) in [4.78, 5) is 13.3. The number of unbranched alkanes of at least 4 members (excludes halogenated alkanes) is 15. The molecule has 0 aliphatic carbocycles. The molecule has 0 radical (unpaired) electrons. The highest BCUT2D eigenvalue weighted by atomic mass is 16.7. The van der Waals surface area contributed by atoms with Crippen molar-refractivity contribution >= 4 is 5.91 Å². The van der Waals surface area contributed by atoms with Gasteiger partial charge in [0.05, 0.1) is 32.0 Å². The van der Waals surface area contributed by atoms with Crippen LogP contribution in [0.15, 0.2) is 158 Å². The summed E-state index contributed by atoms with van der Waals surface area (Å²) in [6.07, 6.45) is 70.2. The van der Waals surface area contributed by atoms with E-state index in [1.807, 2.05) is 6.08 Å². The minimum absolute atomic E-state index is 0.250. The van der Waals surface area contributed by atoms with Crippen molar-refractivity contribution in [2.45, 2.75) is 280 Å². The van der Waals surface area contributed by atoms with Gasteiger partial charge in [0, 0.05) is 6.42 Å². The maximum Gasteiger partial charge on any atom is 0.220 e. The Hall–Kier alpha value is -4.39. The van der Waals surface area contributed by atoms with Gasteiger partial charge in [-0.25, -0.2) is 0 Å². The molecule has 2 rings (SSSR count). The molecule has 2 aliphatic heterocycles. The van der Waals surface area contributed by atoms with Crippen LogP contribution >= 0.6 is 0 Å². The van der Waals surface area contributed by atoms with Crippen molar-refractivity contribution in [2.75, 3.05) is 19.8 Å². The van der Waals surface area contributed by atoms with Crippen LogP contribution in [-0.4, -0.2) is 140 Å². The van der Waals surface area contributed by atoms with Gasteiger partial charge in [0.25, 0.3) is 0 Å². The summed E-state index contributed by atoms with van der Waals surface area (Å²) < 4.78 is 22.7. The van der Waals surface area contributed by atoms with Gasteiger partial charge in [-0.2, -0.15) is 0 Å². The number of ether oxygens (including phenoxy) is 4. The predicted molar refractivity (Wildman–Crippen MR) is 359 cm³/mol. The number of aliphatic hydroxyl groups is 8. The lowest BCUT2D eigenvalue weighted by Crippen LogP contribution is -2.65. The molecule has 0 aromatic rings. The van der Waals surface area contributed by atoms with E-state index in [1.165, 1.54) is 44.9 Å². The maximum absolute atomic E-state index is 13.3. The van der Waals surface area contributed by atoms with Crippen LogP contribution in [0.5, 0.6) is 0 Å². The van der Waals surface area contributed by atoms with Gasteiger partial charge in [-0.3, -0.25) is 4.79 Å². The summed E-state index contributed by atoms with van der Waals surface area (Å²) in [7, 11) is 0. The van der Waals surface area contributed by atoms with E-state index in [1.54, 1.807) is 6.08 Å². The Morgan fingerprint density at radius 1 is 0.420 bits per heavy atom. The Morgan fingerprint density at radius 3 is 1.25 bits per heavy atom. The predicted octanol–water partition coefficient (Wildman–Crippen LogP) is 13.4. The van der Waals surface area contributed by atoms with Gasteiger partial charge in [0.1, 0.15) is 48.8 Å². The molecule has 2 heterocycles. The lowest BCUT2D eigenvalue weighted by Gasteiger charge is -2.46. The molecule has 498 valence electrons. The first kappa shape index (κ1) is 79.7. The summed E-state index contributed by atoms with van der Waals surface area (Å²) >= 11 is 0. The van der Waals surface area contributed by atoms with Crippen molar-refractivity contribution in [3.05, 3.63) is 158 Å². The zero-order chi connectivity index (χ0) is 63.8. The summed E-state index contributed by atoms with van der Waals surface area (Å²) in [5.74, 6) is -0.268.